The molecule has 0 fully saturated rings. The molecule has 0 saturated carbocycles. The largest absolute Gasteiger partial charge is 0.550 e. The Morgan fingerprint density at radius 3 is 1.36 bits per heavy atom. The van der Waals surface area contributed by atoms with Crippen LogP contribution in [0, 0.1) is 6.07 Å². The van der Waals surface area contributed by atoms with Crippen LogP contribution in [0.1, 0.15) is 46.1 Å². The first kappa shape index (κ1) is 28.7. The Morgan fingerprint density at radius 1 is 0.909 bits per heavy atom. The van der Waals surface area contributed by atoms with Crippen LogP contribution in [0.25, 0.3) is 0 Å². The van der Waals surface area contributed by atoms with Crippen molar-refractivity contribution in [1.82, 2.24) is 0 Å². The molecule has 0 atom stereocenters. The molecule has 0 aromatic heterocycles. The van der Waals surface area contributed by atoms with Crippen LogP contribution in [0.2, 0.25) is 0 Å². The summed E-state index contributed by atoms with van der Waals surface area (Å²) in [7, 11) is 0. The Bertz CT molecular complexity index is 363. The van der Waals surface area contributed by atoms with Crippen LogP contribution in [0.5, 0.6) is 0 Å². The number of carboxylic acids is 3. The molecule has 0 amide bonds. The summed E-state index contributed by atoms with van der Waals surface area (Å²) in [5, 5.41) is 26.7. The average Bonchev–Trinajstić information content (AvgIpc) is 2.27. The third-order valence-electron chi connectivity index (χ3n) is 1.36. The molecule has 0 aliphatic rings. The fourth-order valence-electron chi connectivity index (χ4n) is 0.766. The maximum atomic E-state index is 8.89. The number of hydrogen-bond donors (Lipinski definition) is 0. The van der Waals surface area contributed by atoms with E-state index in [9.17, 15) is 0 Å². The molecule has 7 heteroatoms. The molecule has 1 aromatic rings. The number of benzene rings is 1. The van der Waals surface area contributed by atoms with Gasteiger partial charge in [0, 0.05) is 45.2 Å². The Hall–Kier alpha value is -1.45. The summed E-state index contributed by atoms with van der Waals surface area (Å²) in [6, 6.07) is 11.3. The summed E-state index contributed by atoms with van der Waals surface area (Å²) in [5.74, 6) is -2.65. The van der Waals surface area contributed by atoms with Gasteiger partial charge < -0.3 is 29.7 Å². The molecule has 6 nitrogen and oxygen atoms in total. The molecule has 0 aliphatic carbocycles. The Kier molecular flexibility index (Phi) is 25.5. The van der Waals surface area contributed by atoms with Crippen LogP contribution < -0.4 is 15.3 Å². The van der Waals surface area contributed by atoms with Gasteiger partial charge in [-0.05, 0) is 38.3 Å². The third-order valence-corrected chi connectivity index (χ3v) is 1.36. The zero-order valence-corrected chi connectivity index (χ0v) is 17.2. The molecule has 0 spiro atoms. The van der Waals surface area contributed by atoms with Crippen molar-refractivity contribution in [3.05, 3.63) is 35.9 Å². The van der Waals surface area contributed by atoms with E-state index >= 15 is 0 Å². The molecule has 0 aliphatic heterocycles. The SMILES string of the molecule is CC(=O)[O-].CC(=O)[O-].CC(=O)[O-].CC(C)c1[c]cccc1.[Pb]. The van der Waals surface area contributed by atoms with Crippen molar-refractivity contribution in [3.63, 3.8) is 0 Å². The summed E-state index contributed by atoms with van der Waals surface area (Å²) in [5.41, 5.74) is 1.29. The number of rotatable bonds is 1. The monoisotopic (exact) mass is 504 g/mol. The van der Waals surface area contributed by atoms with Crippen molar-refractivity contribution in [2.75, 3.05) is 0 Å². The first-order valence-corrected chi connectivity index (χ1v) is 6.00. The standard InChI is InChI=1S/C9H11.3C2H4O2.Pb/c1-8(2)9-6-4-3-5-7-9;3*1-2(3)4;/h3-6,8H,1-2H3;3*1H3,(H,3,4);/p-3. The van der Waals surface area contributed by atoms with Crippen LogP contribution in [0.4, 0.5) is 0 Å². The number of carbonyl (C=O) groups excluding carboxylic acids is 3. The molecule has 22 heavy (non-hydrogen) atoms. The second-order valence-corrected chi connectivity index (χ2v) is 3.95. The van der Waals surface area contributed by atoms with Gasteiger partial charge in [0.25, 0.3) is 0 Å². The number of carbonyl (C=O) groups is 3. The van der Waals surface area contributed by atoms with Crippen LogP contribution in [-0.4, -0.2) is 45.2 Å². The molecule has 0 saturated heterocycles. The summed E-state index contributed by atoms with van der Waals surface area (Å²) in [6.07, 6.45) is 0. The first-order chi connectivity index (χ1) is 9.50. The molecular formula is C15H20O6Pb-3. The van der Waals surface area contributed by atoms with Crippen molar-refractivity contribution in [3.8, 4) is 0 Å². The van der Waals surface area contributed by atoms with E-state index in [0.717, 1.165) is 20.8 Å². The molecular weight excluding hydrogens is 483 g/mol. The van der Waals surface area contributed by atoms with Crippen LogP contribution in [0.15, 0.2) is 24.3 Å². The Morgan fingerprint density at radius 2 is 1.23 bits per heavy atom. The van der Waals surface area contributed by atoms with Gasteiger partial charge in [0.15, 0.2) is 0 Å². The van der Waals surface area contributed by atoms with Gasteiger partial charge in [-0.3, -0.25) is 0 Å². The zero-order chi connectivity index (χ0) is 17.4. The van der Waals surface area contributed by atoms with E-state index in [1.54, 1.807) is 0 Å². The minimum absolute atomic E-state index is 0. The van der Waals surface area contributed by atoms with Gasteiger partial charge in [-0.25, -0.2) is 0 Å². The second-order valence-electron chi connectivity index (χ2n) is 3.95. The summed E-state index contributed by atoms with van der Waals surface area (Å²) in [6.45, 7) is 7.26. The summed E-state index contributed by atoms with van der Waals surface area (Å²) < 4.78 is 0. The number of aliphatic carboxylic acids is 3. The second kappa shape index (κ2) is 19.6. The van der Waals surface area contributed by atoms with E-state index in [0.29, 0.717) is 5.92 Å². The van der Waals surface area contributed by atoms with Crippen molar-refractivity contribution >= 4 is 45.2 Å². The Labute approximate surface area is 151 Å². The average molecular weight is 504 g/mol. The van der Waals surface area contributed by atoms with Gasteiger partial charge in [-0.2, -0.15) is 0 Å². The van der Waals surface area contributed by atoms with Crippen molar-refractivity contribution < 1.29 is 29.7 Å². The number of hydrogen-bond acceptors (Lipinski definition) is 6. The maximum Gasteiger partial charge on any atom is 0.0383 e. The van der Waals surface area contributed by atoms with E-state index in [1.165, 1.54) is 5.56 Å². The predicted molar refractivity (Wildman–Crippen MR) is 77.2 cm³/mol. The van der Waals surface area contributed by atoms with Gasteiger partial charge in [0.1, 0.15) is 0 Å². The summed E-state index contributed by atoms with van der Waals surface area (Å²) >= 11 is 0. The fraction of sp³-hybridized carbons (Fsp3) is 0.400. The first-order valence-electron chi connectivity index (χ1n) is 6.00. The predicted octanol–water partition coefficient (Wildman–Crippen LogP) is -1.50. The molecule has 123 valence electrons. The number of carboxylic acid groups (broad SMARTS) is 3. The Balaban J connectivity index is -0.000000107. The topological polar surface area (TPSA) is 120 Å². The molecule has 0 unspecified atom stereocenters. The van der Waals surface area contributed by atoms with E-state index in [-0.39, 0.29) is 27.3 Å². The van der Waals surface area contributed by atoms with Gasteiger partial charge >= 0.3 is 0 Å². The molecule has 5 radical (unpaired) electrons. The van der Waals surface area contributed by atoms with Gasteiger partial charge in [-0.15, -0.1) is 0 Å². The normalized spacial score (nSPS) is 7.55. The minimum Gasteiger partial charge on any atom is -0.550 e. The van der Waals surface area contributed by atoms with Crippen LogP contribution in [-0.2, 0) is 14.4 Å². The van der Waals surface area contributed by atoms with Crippen molar-refractivity contribution in [2.24, 2.45) is 0 Å². The van der Waals surface area contributed by atoms with E-state index in [4.69, 9.17) is 29.7 Å². The molecule has 0 N–H and O–H groups in total. The summed E-state index contributed by atoms with van der Waals surface area (Å²) in [4.78, 5) is 26.7. The maximum absolute atomic E-state index is 8.89. The molecule has 0 bridgehead atoms. The van der Waals surface area contributed by atoms with Crippen LogP contribution in [0.3, 0.4) is 0 Å². The van der Waals surface area contributed by atoms with E-state index < -0.39 is 17.9 Å². The fourth-order valence-corrected chi connectivity index (χ4v) is 0.766. The van der Waals surface area contributed by atoms with E-state index in [1.807, 2.05) is 18.2 Å². The van der Waals surface area contributed by atoms with Gasteiger partial charge in [-0.1, -0.05) is 38.1 Å². The molecule has 1 rings (SSSR count). The quantitative estimate of drug-likeness (QED) is 0.430. The third kappa shape index (κ3) is 51.3. The van der Waals surface area contributed by atoms with Crippen molar-refractivity contribution in [2.45, 2.75) is 40.5 Å². The zero-order valence-electron chi connectivity index (χ0n) is 13.3. The minimum atomic E-state index is -1.08. The molecule has 0 heterocycles. The van der Waals surface area contributed by atoms with Gasteiger partial charge in [0.05, 0.1) is 0 Å². The van der Waals surface area contributed by atoms with Crippen molar-refractivity contribution in [1.29, 1.82) is 0 Å². The molecule has 1 aromatic carbocycles. The van der Waals surface area contributed by atoms with Gasteiger partial charge in [0.2, 0.25) is 0 Å². The van der Waals surface area contributed by atoms with Crippen LogP contribution >= 0.6 is 0 Å². The smallest absolute Gasteiger partial charge is 0.0383 e. The van der Waals surface area contributed by atoms with E-state index in [2.05, 4.69) is 26.0 Å².